The number of benzene rings is 20. The fraction of sp³-hybridized carbons (Fsp3) is 0.0682. The predicted octanol–water partition coefficient (Wildman–Crippen LogP) is 34.0. The lowest BCUT2D eigenvalue weighted by atomic mass is 9.82. The number of fused-ring (bicyclic) bond motifs is 25. The van der Waals surface area contributed by atoms with Crippen molar-refractivity contribution in [3.05, 3.63) is 464 Å². The summed E-state index contributed by atoms with van der Waals surface area (Å²) in [5, 5.41) is 13.5. The summed E-state index contributed by atoms with van der Waals surface area (Å²) in [7, 11) is 0. The molecule has 0 spiro atoms. The highest BCUT2D eigenvalue weighted by atomic mass is 16.3. The molecule has 0 amide bonds. The Kier molecular flexibility index (Phi) is 19.7. The zero-order valence-electron chi connectivity index (χ0n) is 79.7. The Bertz CT molecular complexity index is 9660. The highest BCUT2D eigenvalue weighted by Crippen LogP contribution is 2.57. The lowest BCUT2D eigenvalue weighted by Crippen LogP contribution is -2.15. The van der Waals surface area contributed by atoms with E-state index >= 15 is 0 Å². The molecule has 144 heavy (non-hydrogen) atoms. The van der Waals surface area contributed by atoms with E-state index in [4.69, 9.17) is 58.1 Å². The third-order valence-electron chi connectivity index (χ3n) is 29.7. The van der Waals surface area contributed by atoms with Gasteiger partial charge in [0.05, 0.1) is 0 Å². The molecule has 0 bridgehead atoms. The molecule has 6 heterocycles. The monoisotopic (exact) mass is 1850 g/mol. The Morgan fingerprint density at radius 1 is 0.153 bits per heavy atom. The van der Waals surface area contributed by atoms with E-state index in [0.717, 1.165) is 160 Å². The molecule has 680 valence electrons. The van der Waals surface area contributed by atoms with Crippen LogP contribution in [0.2, 0.25) is 0 Å². The standard InChI is InChI=1S/C48H33N3O.C44H29N3O.C40H27N3O/c1-48(2)41-22-10-9-21-37(41)39-25-26-40-38-24-23-36(29-42(38)52-44(40)43(39)48)47-50-45(34-19-11-17-32(27-34)30-13-5-3-6-14-30)49-46(51-47)35-20-12-18-33(28-35)31-15-7-4-8-16-31;1-44(2)37-19-11-10-18-32(37)34-22-23-35-33-21-20-28(25-38(33)48-40(35)39(34)44)42-45-41(26-12-4-3-5-13-26)46-43(47-42)36-24-27-14-6-7-15-29(27)30-16-8-9-17-31(30)36;1-40(2)33-18-9-8-16-28(33)30-21-22-31-29-20-19-26(23-34(29)44-36(31)35(30)40)38-41-37(25-12-4-3-5-13-25)42-39(43-38)32-17-10-14-24-11-6-7-15-27(24)32/h3-29H,1-2H3;3-25H,1-2H3;3-23H,1-2H3. The van der Waals surface area contributed by atoms with Crippen LogP contribution >= 0.6 is 0 Å². The first-order valence-corrected chi connectivity index (χ1v) is 49.0. The van der Waals surface area contributed by atoms with Gasteiger partial charge in [-0.25, -0.2) is 44.9 Å². The molecule has 0 radical (unpaired) electrons. The molecule has 12 nitrogen and oxygen atoms in total. The van der Waals surface area contributed by atoms with Gasteiger partial charge in [-0.3, -0.25) is 0 Å². The van der Waals surface area contributed by atoms with Gasteiger partial charge < -0.3 is 13.3 Å². The summed E-state index contributed by atoms with van der Waals surface area (Å²) in [4.78, 5) is 45.6. The number of hydrogen-bond acceptors (Lipinski definition) is 12. The molecular weight excluding hydrogens is 1760 g/mol. The number of nitrogens with zero attached hydrogens (tertiary/aromatic N) is 9. The first kappa shape index (κ1) is 84.9. The minimum absolute atomic E-state index is 0.158. The smallest absolute Gasteiger partial charge is 0.164 e. The molecule has 29 rings (SSSR count). The van der Waals surface area contributed by atoms with Crippen molar-refractivity contribution in [1.82, 2.24) is 44.9 Å². The first-order valence-electron chi connectivity index (χ1n) is 49.0. The van der Waals surface area contributed by atoms with Crippen LogP contribution in [0.4, 0.5) is 0 Å². The minimum atomic E-state index is -0.178. The maximum Gasteiger partial charge on any atom is 0.164 e. The Balaban J connectivity index is 0.000000108. The second-order valence-corrected chi connectivity index (χ2v) is 39.3. The van der Waals surface area contributed by atoms with Crippen molar-refractivity contribution in [2.24, 2.45) is 0 Å². The number of furan rings is 3. The number of rotatable bonds is 11. The molecule has 20 aromatic carbocycles. The van der Waals surface area contributed by atoms with E-state index in [1.54, 1.807) is 0 Å². The summed E-state index contributed by atoms with van der Waals surface area (Å²) in [6, 6.07) is 150. The summed E-state index contributed by atoms with van der Waals surface area (Å²) < 4.78 is 20.3. The van der Waals surface area contributed by atoms with Gasteiger partial charge in [-0.15, -0.1) is 0 Å². The van der Waals surface area contributed by atoms with Gasteiger partial charge in [-0.05, 0) is 177 Å². The van der Waals surface area contributed by atoms with Crippen LogP contribution in [0.25, 0.3) is 256 Å². The molecule has 0 aliphatic heterocycles. The summed E-state index contributed by atoms with van der Waals surface area (Å²) >= 11 is 0. The fourth-order valence-electron chi connectivity index (χ4n) is 22.7. The zero-order chi connectivity index (χ0) is 96.2. The lowest BCUT2D eigenvalue weighted by Gasteiger charge is -2.21. The molecule has 0 atom stereocenters. The molecule has 0 saturated carbocycles. The quantitative estimate of drug-likeness (QED) is 0.113. The van der Waals surface area contributed by atoms with Crippen LogP contribution in [0, 0.1) is 0 Å². The predicted molar refractivity (Wildman–Crippen MR) is 586 cm³/mol. The van der Waals surface area contributed by atoms with Crippen molar-refractivity contribution in [2.45, 2.75) is 57.8 Å². The van der Waals surface area contributed by atoms with E-state index in [-0.39, 0.29) is 16.2 Å². The minimum Gasteiger partial charge on any atom is -0.456 e. The molecule has 0 unspecified atom stereocenters. The molecular formula is C132H89N9O3. The van der Waals surface area contributed by atoms with Crippen LogP contribution in [0.1, 0.15) is 74.9 Å². The SMILES string of the molecule is CC1(C)c2ccccc2-c2ccc3c(oc4cc(-c5nc(-c6cccc(-c7ccccc7)c6)nc(-c6cccc(-c7ccccc7)c6)n5)ccc43)c21.CC1(C)c2ccccc2-c2ccc3c(oc4cc(-c5nc(-c6ccccc6)nc(-c6cc7ccccc7c7ccccc67)n5)ccc43)c21.CC1(C)c2ccccc2-c2ccc3c(oc4cc(-c5nc(-c6ccccc6)nc(-c6cccc7ccccc67)n5)ccc43)c21. The van der Waals surface area contributed by atoms with Gasteiger partial charge in [0.25, 0.3) is 0 Å². The van der Waals surface area contributed by atoms with E-state index in [1.807, 2.05) is 72.8 Å². The highest BCUT2D eigenvalue weighted by molar-refractivity contribution is 6.16. The normalized spacial score (nSPS) is 13.2. The molecule has 3 aliphatic carbocycles. The van der Waals surface area contributed by atoms with E-state index in [9.17, 15) is 0 Å². The van der Waals surface area contributed by atoms with E-state index in [2.05, 4.69) is 399 Å². The fourth-order valence-corrected chi connectivity index (χ4v) is 22.7. The molecule has 12 heteroatoms. The summed E-state index contributed by atoms with van der Waals surface area (Å²) in [6.45, 7) is 13.8. The second-order valence-electron chi connectivity index (χ2n) is 39.3. The molecule has 26 aromatic rings. The van der Waals surface area contributed by atoms with Crippen LogP contribution in [0.5, 0.6) is 0 Å². The van der Waals surface area contributed by atoms with Crippen molar-refractivity contribution in [3.63, 3.8) is 0 Å². The van der Waals surface area contributed by atoms with Crippen LogP contribution in [0.3, 0.4) is 0 Å². The maximum absolute atomic E-state index is 6.81. The molecule has 3 aliphatic rings. The number of aromatic nitrogens is 9. The summed E-state index contributed by atoms with van der Waals surface area (Å²) in [5.74, 6) is 5.61. The summed E-state index contributed by atoms with van der Waals surface area (Å²) in [6.07, 6.45) is 0. The summed E-state index contributed by atoms with van der Waals surface area (Å²) in [5.41, 5.74) is 33.0. The van der Waals surface area contributed by atoms with Crippen LogP contribution < -0.4 is 0 Å². The van der Waals surface area contributed by atoms with E-state index < -0.39 is 0 Å². The average Bonchev–Trinajstić information content (AvgIpc) is 1.55. The van der Waals surface area contributed by atoms with E-state index in [0.29, 0.717) is 52.4 Å². The largest absolute Gasteiger partial charge is 0.456 e. The van der Waals surface area contributed by atoms with Crippen molar-refractivity contribution in [2.75, 3.05) is 0 Å². The van der Waals surface area contributed by atoms with Crippen molar-refractivity contribution >= 4 is 98.1 Å². The van der Waals surface area contributed by atoms with Gasteiger partial charge in [0, 0.05) is 115 Å². The van der Waals surface area contributed by atoms with Crippen LogP contribution in [-0.4, -0.2) is 44.9 Å². The lowest BCUT2D eigenvalue weighted by molar-refractivity contribution is 0.619. The maximum atomic E-state index is 6.81. The Morgan fingerprint density at radius 3 is 0.826 bits per heavy atom. The molecule has 0 N–H and O–H groups in total. The Labute approximate surface area is 830 Å². The molecule has 0 fully saturated rings. The highest BCUT2D eigenvalue weighted by Gasteiger charge is 2.42. The van der Waals surface area contributed by atoms with Gasteiger partial charge in [-0.2, -0.15) is 0 Å². The molecule has 6 aromatic heterocycles. The van der Waals surface area contributed by atoms with Gasteiger partial charge in [0.15, 0.2) is 52.4 Å². The van der Waals surface area contributed by atoms with Gasteiger partial charge in [-0.1, -0.05) is 399 Å². The van der Waals surface area contributed by atoms with Crippen LogP contribution in [0.15, 0.2) is 444 Å². The average molecular weight is 1850 g/mol. The second kappa shape index (κ2) is 33.4. The van der Waals surface area contributed by atoms with E-state index in [1.165, 1.54) is 77.5 Å². The van der Waals surface area contributed by atoms with Crippen LogP contribution in [-0.2, 0) is 16.2 Å². The van der Waals surface area contributed by atoms with Crippen molar-refractivity contribution in [3.8, 4) is 158 Å². The van der Waals surface area contributed by atoms with Crippen molar-refractivity contribution < 1.29 is 13.3 Å². The topological polar surface area (TPSA) is 155 Å². The number of hydrogen-bond donors (Lipinski definition) is 0. The Morgan fingerprint density at radius 2 is 0.424 bits per heavy atom. The van der Waals surface area contributed by atoms with Gasteiger partial charge >= 0.3 is 0 Å². The molecule has 0 saturated heterocycles. The van der Waals surface area contributed by atoms with Crippen molar-refractivity contribution in [1.29, 1.82) is 0 Å². The van der Waals surface area contributed by atoms with Gasteiger partial charge in [0.2, 0.25) is 0 Å². The first-order chi connectivity index (χ1) is 70.6. The third kappa shape index (κ3) is 14.1. The Hall–Kier alpha value is -18.4. The van der Waals surface area contributed by atoms with Gasteiger partial charge in [0.1, 0.15) is 33.5 Å². The third-order valence-corrected chi connectivity index (χ3v) is 29.7. The zero-order valence-corrected chi connectivity index (χ0v) is 79.7.